The average Bonchev–Trinajstić information content (AvgIpc) is 2.39. The summed E-state index contributed by atoms with van der Waals surface area (Å²) in [5, 5.41) is 0. The molecule has 0 N–H and O–H groups in total. The van der Waals surface area contributed by atoms with Crippen molar-refractivity contribution in [1.29, 1.82) is 0 Å². The van der Waals surface area contributed by atoms with Gasteiger partial charge in [-0.1, -0.05) is 72.1 Å². The van der Waals surface area contributed by atoms with Crippen molar-refractivity contribution in [3.8, 4) is 0 Å². The Balaban J connectivity index is 3.25. The van der Waals surface area contributed by atoms with E-state index in [1.807, 2.05) is 0 Å². The first-order valence-corrected chi connectivity index (χ1v) is 8.36. The van der Waals surface area contributed by atoms with Gasteiger partial charge in [-0.3, -0.25) is 4.79 Å². The molecule has 0 radical (unpaired) electrons. The number of hydrogen-bond donors (Lipinski definition) is 0. The fourth-order valence-electron chi connectivity index (χ4n) is 2.36. The number of esters is 1. The molecule has 0 heterocycles. The molecule has 0 aromatic heterocycles. The zero-order valence-electron chi connectivity index (χ0n) is 13.4. The molecule has 0 aromatic carbocycles. The van der Waals surface area contributed by atoms with Gasteiger partial charge in [-0.05, 0) is 18.8 Å². The molecule has 0 spiro atoms. The standard InChI is InChI=1S/C17H34O2/c1-4-6-7-8-11-15-19-17(18)14-10-9-13-16(3)12-5-2/h16H,4-15H2,1-3H3. The molecule has 0 saturated heterocycles. The van der Waals surface area contributed by atoms with Crippen LogP contribution in [0.1, 0.15) is 91.4 Å². The Bertz CT molecular complexity index is 201. The van der Waals surface area contributed by atoms with Crippen LogP contribution >= 0.6 is 0 Å². The number of carbonyl (C=O) groups excluding carboxylic acids is 1. The van der Waals surface area contributed by atoms with Crippen LogP contribution in [-0.4, -0.2) is 12.6 Å². The van der Waals surface area contributed by atoms with Crippen LogP contribution in [0.2, 0.25) is 0 Å². The summed E-state index contributed by atoms with van der Waals surface area (Å²) in [6.07, 6.45) is 12.6. The van der Waals surface area contributed by atoms with Crippen LogP contribution in [0.3, 0.4) is 0 Å². The predicted molar refractivity (Wildman–Crippen MR) is 82.3 cm³/mol. The van der Waals surface area contributed by atoms with E-state index in [9.17, 15) is 4.79 Å². The topological polar surface area (TPSA) is 26.3 Å². The zero-order chi connectivity index (χ0) is 14.3. The van der Waals surface area contributed by atoms with Crippen LogP contribution in [0.4, 0.5) is 0 Å². The van der Waals surface area contributed by atoms with Crippen molar-refractivity contribution in [1.82, 2.24) is 0 Å². The molecule has 0 aliphatic rings. The van der Waals surface area contributed by atoms with Crippen molar-refractivity contribution < 1.29 is 9.53 Å². The first kappa shape index (κ1) is 18.5. The molecule has 2 heteroatoms. The average molecular weight is 270 g/mol. The van der Waals surface area contributed by atoms with E-state index in [4.69, 9.17) is 4.74 Å². The molecule has 0 saturated carbocycles. The van der Waals surface area contributed by atoms with Gasteiger partial charge in [0.15, 0.2) is 0 Å². The first-order valence-electron chi connectivity index (χ1n) is 8.36. The quantitative estimate of drug-likeness (QED) is 0.326. The monoisotopic (exact) mass is 270 g/mol. The van der Waals surface area contributed by atoms with Crippen LogP contribution in [-0.2, 0) is 9.53 Å². The molecule has 114 valence electrons. The fourth-order valence-corrected chi connectivity index (χ4v) is 2.36. The van der Waals surface area contributed by atoms with Crippen LogP contribution < -0.4 is 0 Å². The van der Waals surface area contributed by atoms with Crippen molar-refractivity contribution in [2.75, 3.05) is 6.61 Å². The van der Waals surface area contributed by atoms with Gasteiger partial charge < -0.3 is 4.74 Å². The largest absolute Gasteiger partial charge is 0.466 e. The molecular weight excluding hydrogens is 236 g/mol. The number of carbonyl (C=O) groups is 1. The summed E-state index contributed by atoms with van der Waals surface area (Å²) < 4.78 is 5.24. The zero-order valence-corrected chi connectivity index (χ0v) is 13.4. The van der Waals surface area contributed by atoms with Crippen molar-refractivity contribution >= 4 is 5.97 Å². The SMILES string of the molecule is CCCCCCCOC(=O)CCCCC(C)CCC. The maximum atomic E-state index is 11.5. The van der Waals surface area contributed by atoms with E-state index in [2.05, 4.69) is 20.8 Å². The highest BCUT2D eigenvalue weighted by atomic mass is 16.5. The smallest absolute Gasteiger partial charge is 0.305 e. The predicted octanol–water partition coefficient (Wildman–Crippen LogP) is 5.50. The summed E-state index contributed by atoms with van der Waals surface area (Å²) >= 11 is 0. The highest BCUT2D eigenvalue weighted by Gasteiger charge is 2.04. The second-order valence-corrected chi connectivity index (χ2v) is 5.77. The molecule has 2 nitrogen and oxygen atoms in total. The van der Waals surface area contributed by atoms with E-state index < -0.39 is 0 Å². The maximum Gasteiger partial charge on any atom is 0.305 e. The normalized spacial score (nSPS) is 12.4. The highest BCUT2D eigenvalue weighted by Crippen LogP contribution is 2.14. The molecule has 19 heavy (non-hydrogen) atoms. The van der Waals surface area contributed by atoms with Gasteiger partial charge in [0.25, 0.3) is 0 Å². The van der Waals surface area contributed by atoms with Gasteiger partial charge in [0.2, 0.25) is 0 Å². The third-order valence-electron chi connectivity index (χ3n) is 3.62. The molecule has 0 fully saturated rings. The lowest BCUT2D eigenvalue weighted by atomic mass is 9.99. The minimum Gasteiger partial charge on any atom is -0.466 e. The van der Waals surface area contributed by atoms with Gasteiger partial charge in [0, 0.05) is 6.42 Å². The number of ether oxygens (including phenoxy) is 1. The van der Waals surface area contributed by atoms with E-state index in [0.717, 1.165) is 25.2 Å². The summed E-state index contributed by atoms with van der Waals surface area (Å²) in [6, 6.07) is 0. The summed E-state index contributed by atoms with van der Waals surface area (Å²) in [5.74, 6) is 0.804. The summed E-state index contributed by atoms with van der Waals surface area (Å²) in [7, 11) is 0. The Kier molecular flexibility index (Phi) is 13.5. The Labute approximate surface area is 120 Å². The molecule has 0 aliphatic carbocycles. The number of unbranched alkanes of at least 4 members (excludes halogenated alkanes) is 5. The molecule has 0 bridgehead atoms. The lowest BCUT2D eigenvalue weighted by Gasteiger charge is -2.09. The van der Waals surface area contributed by atoms with Gasteiger partial charge >= 0.3 is 5.97 Å². The Morgan fingerprint density at radius 3 is 2.32 bits per heavy atom. The van der Waals surface area contributed by atoms with Crippen LogP contribution in [0, 0.1) is 5.92 Å². The first-order chi connectivity index (χ1) is 9.20. The fraction of sp³-hybridized carbons (Fsp3) is 0.941. The summed E-state index contributed by atoms with van der Waals surface area (Å²) in [5.41, 5.74) is 0. The van der Waals surface area contributed by atoms with Gasteiger partial charge in [0.05, 0.1) is 6.61 Å². The van der Waals surface area contributed by atoms with Gasteiger partial charge in [0.1, 0.15) is 0 Å². The molecular formula is C17H34O2. The molecule has 0 amide bonds. The minimum atomic E-state index is -0.00126. The molecule has 0 aromatic rings. The minimum absolute atomic E-state index is 0.00126. The third kappa shape index (κ3) is 13.7. The van der Waals surface area contributed by atoms with E-state index in [0.29, 0.717) is 13.0 Å². The van der Waals surface area contributed by atoms with Gasteiger partial charge in [-0.25, -0.2) is 0 Å². The van der Waals surface area contributed by atoms with Crippen molar-refractivity contribution in [3.05, 3.63) is 0 Å². The Morgan fingerprint density at radius 2 is 1.63 bits per heavy atom. The Morgan fingerprint density at radius 1 is 0.895 bits per heavy atom. The van der Waals surface area contributed by atoms with E-state index in [1.54, 1.807) is 0 Å². The van der Waals surface area contributed by atoms with Gasteiger partial charge in [-0.2, -0.15) is 0 Å². The molecule has 1 unspecified atom stereocenters. The van der Waals surface area contributed by atoms with Crippen molar-refractivity contribution in [2.45, 2.75) is 91.4 Å². The van der Waals surface area contributed by atoms with E-state index in [1.165, 1.54) is 44.9 Å². The van der Waals surface area contributed by atoms with Gasteiger partial charge in [-0.15, -0.1) is 0 Å². The second kappa shape index (κ2) is 13.9. The third-order valence-corrected chi connectivity index (χ3v) is 3.62. The summed E-state index contributed by atoms with van der Waals surface area (Å²) in [6.45, 7) is 7.36. The lowest BCUT2D eigenvalue weighted by molar-refractivity contribution is -0.143. The molecule has 0 aliphatic heterocycles. The lowest BCUT2D eigenvalue weighted by Crippen LogP contribution is -2.06. The van der Waals surface area contributed by atoms with E-state index >= 15 is 0 Å². The van der Waals surface area contributed by atoms with Crippen LogP contribution in [0.25, 0.3) is 0 Å². The maximum absolute atomic E-state index is 11.5. The summed E-state index contributed by atoms with van der Waals surface area (Å²) in [4.78, 5) is 11.5. The number of hydrogen-bond acceptors (Lipinski definition) is 2. The van der Waals surface area contributed by atoms with Crippen molar-refractivity contribution in [3.63, 3.8) is 0 Å². The van der Waals surface area contributed by atoms with Crippen molar-refractivity contribution in [2.24, 2.45) is 5.92 Å². The van der Waals surface area contributed by atoms with Crippen LogP contribution in [0.15, 0.2) is 0 Å². The van der Waals surface area contributed by atoms with Crippen LogP contribution in [0.5, 0.6) is 0 Å². The number of rotatable bonds is 13. The van der Waals surface area contributed by atoms with E-state index in [-0.39, 0.29) is 5.97 Å². The Hall–Kier alpha value is -0.530. The highest BCUT2D eigenvalue weighted by molar-refractivity contribution is 5.69. The molecule has 0 rings (SSSR count). The second-order valence-electron chi connectivity index (χ2n) is 5.77. The molecule has 1 atom stereocenters.